The van der Waals surface area contributed by atoms with E-state index < -0.39 is 11.9 Å². The molecule has 4 nitrogen and oxygen atoms in total. The fraction of sp³-hybridized carbons (Fsp3) is 0.714. The molecule has 0 aliphatic rings. The van der Waals surface area contributed by atoms with E-state index in [0.29, 0.717) is 6.42 Å². The zero-order valence-electron chi connectivity index (χ0n) is 6.63. The summed E-state index contributed by atoms with van der Waals surface area (Å²) in [6.07, 6.45) is 1.08. The highest BCUT2D eigenvalue weighted by Crippen LogP contribution is 1.93. The molecule has 4 heteroatoms. The van der Waals surface area contributed by atoms with E-state index in [9.17, 15) is 9.59 Å². The Kier molecular flexibility index (Phi) is 5.37. The van der Waals surface area contributed by atoms with Crippen molar-refractivity contribution in [2.45, 2.75) is 26.2 Å². The first kappa shape index (κ1) is 10.1. The summed E-state index contributed by atoms with van der Waals surface area (Å²) in [6, 6.07) is 0. The summed E-state index contributed by atoms with van der Waals surface area (Å²) in [5.74, 6) is -1.00. The highest BCUT2D eigenvalue weighted by atomic mass is 16.6. The van der Waals surface area contributed by atoms with E-state index in [1.54, 1.807) is 0 Å². The predicted molar refractivity (Wildman–Crippen MR) is 39.7 cm³/mol. The Balaban J connectivity index is 3.49. The molecule has 0 saturated carbocycles. The summed E-state index contributed by atoms with van der Waals surface area (Å²) in [5, 5.41) is 0. The SMILES string of the molecule is CCCC(=O)OC(=O)CCN. The molecule has 64 valence electrons. The van der Waals surface area contributed by atoms with Crippen LogP contribution in [0.5, 0.6) is 0 Å². The second kappa shape index (κ2) is 5.85. The summed E-state index contributed by atoms with van der Waals surface area (Å²) in [6.45, 7) is 2.06. The number of rotatable bonds is 4. The molecule has 0 bridgehead atoms. The highest BCUT2D eigenvalue weighted by molar-refractivity contribution is 5.85. The normalized spacial score (nSPS) is 9.27. The first-order valence-electron chi connectivity index (χ1n) is 3.64. The molecule has 0 atom stereocenters. The number of nitrogens with two attached hydrogens (primary N) is 1. The van der Waals surface area contributed by atoms with Crippen molar-refractivity contribution in [2.75, 3.05) is 6.54 Å². The lowest BCUT2D eigenvalue weighted by Gasteiger charge is -1.98. The molecule has 0 rings (SSSR count). The van der Waals surface area contributed by atoms with Gasteiger partial charge in [0.1, 0.15) is 0 Å². The van der Waals surface area contributed by atoms with Crippen molar-refractivity contribution < 1.29 is 14.3 Å². The van der Waals surface area contributed by atoms with Gasteiger partial charge in [0.15, 0.2) is 0 Å². The average molecular weight is 159 g/mol. The summed E-state index contributed by atoms with van der Waals surface area (Å²) >= 11 is 0. The maximum absolute atomic E-state index is 10.6. The van der Waals surface area contributed by atoms with Gasteiger partial charge in [0.25, 0.3) is 0 Å². The minimum atomic E-state index is -0.536. The summed E-state index contributed by atoms with van der Waals surface area (Å²) in [7, 11) is 0. The molecule has 2 N–H and O–H groups in total. The second-order valence-corrected chi connectivity index (χ2v) is 2.13. The summed E-state index contributed by atoms with van der Waals surface area (Å²) in [5.41, 5.74) is 5.07. The number of ether oxygens (including phenoxy) is 1. The van der Waals surface area contributed by atoms with Crippen LogP contribution in [0.25, 0.3) is 0 Å². The maximum Gasteiger partial charge on any atom is 0.314 e. The van der Waals surface area contributed by atoms with Crippen molar-refractivity contribution >= 4 is 11.9 Å². The Bertz CT molecular complexity index is 129. The van der Waals surface area contributed by atoms with Crippen molar-refractivity contribution in [3.05, 3.63) is 0 Å². The summed E-state index contributed by atoms with van der Waals surface area (Å²) in [4.78, 5) is 21.2. The van der Waals surface area contributed by atoms with E-state index in [2.05, 4.69) is 4.74 Å². The molecule has 0 aromatic heterocycles. The molecule has 0 unspecified atom stereocenters. The van der Waals surface area contributed by atoms with Gasteiger partial charge in [-0.1, -0.05) is 6.92 Å². The smallest absolute Gasteiger partial charge is 0.314 e. The zero-order chi connectivity index (χ0) is 8.69. The minimum Gasteiger partial charge on any atom is -0.393 e. The third kappa shape index (κ3) is 5.54. The molecular formula is C7H13NO3. The number of carbonyl (C=O) groups excluding carboxylic acids is 2. The molecule has 0 aliphatic heterocycles. The van der Waals surface area contributed by atoms with Crippen molar-refractivity contribution in [1.82, 2.24) is 0 Å². The quantitative estimate of drug-likeness (QED) is 0.470. The van der Waals surface area contributed by atoms with Crippen LogP contribution in [0.15, 0.2) is 0 Å². The Morgan fingerprint density at radius 3 is 2.27 bits per heavy atom. The van der Waals surface area contributed by atoms with Crippen LogP contribution < -0.4 is 5.73 Å². The lowest BCUT2D eigenvalue weighted by molar-refractivity contribution is -0.159. The first-order chi connectivity index (χ1) is 5.20. The van der Waals surface area contributed by atoms with E-state index in [4.69, 9.17) is 5.73 Å². The average Bonchev–Trinajstić information content (AvgIpc) is 1.87. The highest BCUT2D eigenvalue weighted by Gasteiger charge is 2.07. The first-order valence-corrected chi connectivity index (χ1v) is 3.64. The minimum absolute atomic E-state index is 0.107. The van der Waals surface area contributed by atoms with Crippen molar-refractivity contribution in [3.63, 3.8) is 0 Å². The van der Waals surface area contributed by atoms with Crippen molar-refractivity contribution in [1.29, 1.82) is 0 Å². The number of hydrogen-bond acceptors (Lipinski definition) is 4. The molecule has 0 saturated heterocycles. The van der Waals surface area contributed by atoms with Crippen LogP contribution in [-0.4, -0.2) is 18.5 Å². The van der Waals surface area contributed by atoms with Gasteiger partial charge in [-0.25, -0.2) is 0 Å². The lowest BCUT2D eigenvalue weighted by Crippen LogP contribution is -2.15. The van der Waals surface area contributed by atoms with E-state index >= 15 is 0 Å². The molecule has 0 radical (unpaired) electrons. The third-order valence-electron chi connectivity index (χ3n) is 1.03. The second-order valence-electron chi connectivity index (χ2n) is 2.13. The van der Waals surface area contributed by atoms with E-state index in [0.717, 1.165) is 0 Å². The zero-order valence-corrected chi connectivity index (χ0v) is 6.63. The van der Waals surface area contributed by atoms with Gasteiger partial charge < -0.3 is 10.5 Å². The Hall–Kier alpha value is -0.900. The molecule has 0 aromatic carbocycles. The number of carbonyl (C=O) groups is 2. The maximum atomic E-state index is 10.6. The van der Waals surface area contributed by atoms with Crippen molar-refractivity contribution in [3.8, 4) is 0 Å². The van der Waals surface area contributed by atoms with Gasteiger partial charge in [0.05, 0.1) is 6.42 Å². The molecule has 0 aliphatic carbocycles. The lowest BCUT2D eigenvalue weighted by atomic mass is 10.3. The van der Waals surface area contributed by atoms with Crippen LogP contribution in [0.4, 0.5) is 0 Å². The Morgan fingerprint density at radius 2 is 1.82 bits per heavy atom. The van der Waals surface area contributed by atoms with Crippen molar-refractivity contribution in [2.24, 2.45) is 5.73 Å². The molecule has 0 amide bonds. The van der Waals surface area contributed by atoms with E-state index in [1.165, 1.54) is 0 Å². The van der Waals surface area contributed by atoms with E-state index in [-0.39, 0.29) is 19.4 Å². The van der Waals surface area contributed by atoms with Crippen LogP contribution in [-0.2, 0) is 14.3 Å². The van der Waals surface area contributed by atoms with Gasteiger partial charge in [-0.2, -0.15) is 0 Å². The van der Waals surface area contributed by atoms with E-state index in [1.807, 2.05) is 6.92 Å². The molecular weight excluding hydrogens is 146 g/mol. The fourth-order valence-corrected chi connectivity index (χ4v) is 0.551. The van der Waals surface area contributed by atoms with Gasteiger partial charge >= 0.3 is 11.9 Å². The molecule has 0 aromatic rings. The van der Waals surface area contributed by atoms with Crippen LogP contribution in [0.2, 0.25) is 0 Å². The van der Waals surface area contributed by atoms with Crippen LogP contribution in [0, 0.1) is 0 Å². The number of esters is 2. The van der Waals surface area contributed by atoms with Gasteiger partial charge in [-0.3, -0.25) is 9.59 Å². The van der Waals surface area contributed by atoms with Gasteiger partial charge in [0, 0.05) is 13.0 Å². The predicted octanol–water partition coefficient (Wildman–Crippen LogP) is 0.205. The van der Waals surface area contributed by atoms with Crippen LogP contribution >= 0.6 is 0 Å². The molecule has 0 fully saturated rings. The Morgan fingerprint density at radius 1 is 1.27 bits per heavy atom. The molecule has 0 spiro atoms. The van der Waals surface area contributed by atoms with Gasteiger partial charge in [-0.05, 0) is 6.42 Å². The number of hydrogen-bond donors (Lipinski definition) is 1. The largest absolute Gasteiger partial charge is 0.393 e. The van der Waals surface area contributed by atoms with Crippen LogP contribution in [0.3, 0.4) is 0 Å². The third-order valence-corrected chi connectivity index (χ3v) is 1.03. The Labute approximate surface area is 65.7 Å². The standard InChI is InChI=1S/C7H13NO3/c1-2-3-6(9)11-7(10)4-5-8/h2-5,8H2,1H3. The summed E-state index contributed by atoms with van der Waals surface area (Å²) < 4.78 is 4.37. The molecule has 11 heavy (non-hydrogen) atoms. The fourth-order valence-electron chi connectivity index (χ4n) is 0.551. The van der Waals surface area contributed by atoms with Crippen LogP contribution in [0.1, 0.15) is 26.2 Å². The topological polar surface area (TPSA) is 69.4 Å². The van der Waals surface area contributed by atoms with Gasteiger partial charge in [-0.15, -0.1) is 0 Å². The monoisotopic (exact) mass is 159 g/mol. The van der Waals surface area contributed by atoms with Gasteiger partial charge in [0.2, 0.25) is 0 Å². The molecule has 0 heterocycles.